The summed E-state index contributed by atoms with van der Waals surface area (Å²) >= 11 is 7.41. The fourth-order valence-corrected chi connectivity index (χ4v) is 3.29. The van der Waals surface area contributed by atoms with Crippen LogP contribution in [0.5, 0.6) is 0 Å². The van der Waals surface area contributed by atoms with Crippen LogP contribution in [0.2, 0.25) is 5.02 Å². The van der Waals surface area contributed by atoms with Crippen LogP contribution >= 0.6 is 23.4 Å². The van der Waals surface area contributed by atoms with Gasteiger partial charge in [0.25, 0.3) is 0 Å². The lowest BCUT2D eigenvalue weighted by molar-refractivity contribution is -0.113. The predicted octanol–water partition coefficient (Wildman–Crippen LogP) is 3.39. The Morgan fingerprint density at radius 3 is 2.88 bits per heavy atom. The molecule has 0 fully saturated rings. The Morgan fingerprint density at radius 1 is 1.35 bits per heavy atom. The number of aromatic nitrogens is 5. The van der Waals surface area contributed by atoms with Crippen LogP contribution in [0.4, 0.5) is 5.69 Å². The Morgan fingerprint density at radius 2 is 2.15 bits per heavy atom. The number of hydrogen-bond donors (Lipinski definition) is 1. The van der Waals surface area contributed by atoms with Crippen molar-refractivity contribution in [2.75, 3.05) is 11.1 Å². The fourth-order valence-electron chi connectivity index (χ4n) is 2.40. The summed E-state index contributed by atoms with van der Waals surface area (Å²) in [5.74, 6) is 0.827. The molecule has 9 heteroatoms. The molecule has 0 aliphatic rings. The Balaban J connectivity index is 1.65. The maximum atomic E-state index is 12.2. The lowest BCUT2D eigenvalue weighted by atomic mass is 10.2. The number of rotatable bonds is 6. The number of thioether (sulfide) groups is 1. The molecule has 2 aromatic heterocycles. The molecular weight excluding hydrogens is 372 g/mol. The largest absolute Gasteiger partial charge is 0.325 e. The Hall–Kier alpha value is -2.32. The van der Waals surface area contributed by atoms with E-state index in [2.05, 4.69) is 20.6 Å². The van der Waals surface area contributed by atoms with Crippen molar-refractivity contribution >= 4 is 35.0 Å². The second-order valence-electron chi connectivity index (χ2n) is 5.70. The van der Waals surface area contributed by atoms with Gasteiger partial charge in [0.1, 0.15) is 0 Å². The molecule has 26 heavy (non-hydrogen) atoms. The zero-order valence-electron chi connectivity index (χ0n) is 14.7. The molecule has 0 unspecified atom stereocenters. The molecule has 1 amide bonds. The van der Waals surface area contributed by atoms with E-state index < -0.39 is 0 Å². The van der Waals surface area contributed by atoms with Gasteiger partial charge < -0.3 is 9.88 Å². The highest BCUT2D eigenvalue weighted by molar-refractivity contribution is 7.99. The Kier molecular flexibility index (Phi) is 5.63. The monoisotopic (exact) mass is 390 g/mol. The van der Waals surface area contributed by atoms with E-state index in [0.717, 1.165) is 23.5 Å². The molecule has 0 aliphatic carbocycles. The van der Waals surface area contributed by atoms with Crippen molar-refractivity contribution in [3.05, 3.63) is 41.2 Å². The summed E-state index contributed by atoms with van der Waals surface area (Å²) < 4.78 is 3.69. The van der Waals surface area contributed by atoms with Crippen molar-refractivity contribution in [3.8, 4) is 11.4 Å². The third-order valence-corrected chi connectivity index (χ3v) is 5.35. The molecule has 0 saturated carbocycles. The molecule has 0 spiro atoms. The smallest absolute Gasteiger partial charge is 0.234 e. The first-order valence-electron chi connectivity index (χ1n) is 8.09. The number of nitrogens with zero attached hydrogens (tertiary/aromatic N) is 5. The second-order valence-corrected chi connectivity index (χ2v) is 7.05. The van der Waals surface area contributed by atoms with Gasteiger partial charge in [-0.15, -0.1) is 10.2 Å². The molecule has 1 aromatic carbocycles. The number of nitrogens with one attached hydrogen (secondary N) is 1. The summed E-state index contributed by atoms with van der Waals surface area (Å²) in [5.41, 5.74) is 2.46. The summed E-state index contributed by atoms with van der Waals surface area (Å²) in [7, 11) is 1.87. The SMILES string of the molecule is CCn1cc(-c2nnc(SCC(=O)Nc3cccc(Cl)c3C)n2C)cn1. The van der Waals surface area contributed by atoms with E-state index in [9.17, 15) is 4.79 Å². The average molecular weight is 391 g/mol. The minimum atomic E-state index is -0.122. The number of amides is 1. The molecule has 0 saturated heterocycles. The van der Waals surface area contributed by atoms with E-state index in [-0.39, 0.29) is 11.7 Å². The standard InChI is InChI=1S/C17H19ClN6OS/c1-4-24-9-12(8-19-24)16-21-22-17(23(16)3)26-10-15(25)20-14-7-5-6-13(18)11(14)2/h5-9H,4,10H2,1-3H3,(H,20,25). The predicted molar refractivity (Wildman–Crippen MR) is 103 cm³/mol. The quantitative estimate of drug-likeness (QED) is 0.653. The molecular formula is C17H19ClN6OS. The first kappa shape index (κ1) is 18.5. The van der Waals surface area contributed by atoms with Crippen LogP contribution in [0.1, 0.15) is 12.5 Å². The maximum absolute atomic E-state index is 12.2. The minimum absolute atomic E-state index is 0.122. The molecule has 2 heterocycles. The van der Waals surface area contributed by atoms with Gasteiger partial charge in [0, 0.05) is 30.5 Å². The van der Waals surface area contributed by atoms with Gasteiger partial charge in [0.05, 0.1) is 17.5 Å². The van der Waals surface area contributed by atoms with Crippen molar-refractivity contribution < 1.29 is 4.79 Å². The average Bonchev–Trinajstić information content (AvgIpc) is 3.23. The molecule has 3 aromatic rings. The molecule has 3 rings (SSSR count). The van der Waals surface area contributed by atoms with Gasteiger partial charge in [0.2, 0.25) is 5.91 Å². The number of halogens is 1. The van der Waals surface area contributed by atoms with Gasteiger partial charge in [-0.1, -0.05) is 29.4 Å². The third kappa shape index (κ3) is 3.91. The molecule has 0 bridgehead atoms. The van der Waals surface area contributed by atoms with E-state index in [0.29, 0.717) is 15.9 Å². The van der Waals surface area contributed by atoms with Crippen LogP contribution in [0.15, 0.2) is 35.7 Å². The van der Waals surface area contributed by atoms with Crippen molar-refractivity contribution in [1.82, 2.24) is 24.5 Å². The van der Waals surface area contributed by atoms with Crippen LogP contribution in [0.25, 0.3) is 11.4 Å². The number of carbonyl (C=O) groups excluding carboxylic acids is 1. The van der Waals surface area contributed by atoms with Crippen molar-refractivity contribution in [2.45, 2.75) is 25.5 Å². The van der Waals surface area contributed by atoms with Gasteiger partial charge in [-0.2, -0.15) is 5.10 Å². The van der Waals surface area contributed by atoms with Gasteiger partial charge in [-0.25, -0.2) is 0 Å². The zero-order valence-corrected chi connectivity index (χ0v) is 16.3. The molecule has 136 valence electrons. The van der Waals surface area contributed by atoms with Crippen LogP contribution in [0.3, 0.4) is 0 Å². The molecule has 7 nitrogen and oxygen atoms in total. The van der Waals surface area contributed by atoms with Crippen LogP contribution in [-0.2, 0) is 18.4 Å². The van der Waals surface area contributed by atoms with E-state index in [1.54, 1.807) is 12.3 Å². The number of benzene rings is 1. The van der Waals surface area contributed by atoms with Crippen LogP contribution < -0.4 is 5.32 Å². The normalized spacial score (nSPS) is 10.9. The van der Waals surface area contributed by atoms with Crippen molar-refractivity contribution in [3.63, 3.8) is 0 Å². The number of carbonyl (C=O) groups is 1. The maximum Gasteiger partial charge on any atom is 0.234 e. The summed E-state index contributed by atoms with van der Waals surface area (Å²) in [5, 5.41) is 16.8. The van der Waals surface area contributed by atoms with E-state index >= 15 is 0 Å². The third-order valence-electron chi connectivity index (χ3n) is 3.92. The van der Waals surface area contributed by atoms with Gasteiger partial charge in [-0.05, 0) is 31.5 Å². The first-order valence-corrected chi connectivity index (χ1v) is 9.46. The van der Waals surface area contributed by atoms with E-state index in [1.165, 1.54) is 11.8 Å². The highest BCUT2D eigenvalue weighted by atomic mass is 35.5. The number of anilines is 1. The molecule has 0 atom stereocenters. The fraction of sp³-hybridized carbons (Fsp3) is 0.294. The topological polar surface area (TPSA) is 77.6 Å². The second kappa shape index (κ2) is 7.92. The van der Waals surface area contributed by atoms with Gasteiger partial charge >= 0.3 is 0 Å². The summed E-state index contributed by atoms with van der Waals surface area (Å²) in [6.45, 7) is 4.69. The van der Waals surface area contributed by atoms with Crippen LogP contribution in [-0.4, -0.2) is 36.2 Å². The van der Waals surface area contributed by atoms with E-state index in [4.69, 9.17) is 11.6 Å². The summed E-state index contributed by atoms with van der Waals surface area (Å²) in [6, 6.07) is 5.43. The minimum Gasteiger partial charge on any atom is -0.325 e. The summed E-state index contributed by atoms with van der Waals surface area (Å²) in [4.78, 5) is 12.2. The first-order chi connectivity index (χ1) is 12.5. The van der Waals surface area contributed by atoms with E-state index in [1.807, 2.05) is 48.5 Å². The van der Waals surface area contributed by atoms with Crippen LogP contribution in [0, 0.1) is 6.92 Å². The Labute approximate surface area is 160 Å². The number of aryl methyl sites for hydroxylation is 1. The zero-order chi connectivity index (χ0) is 18.7. The Bertz CT molecular complexity index is 935. The lowest BCUT2D eigenvalue weighted by Crippen LogP contribution is -2.15. The highest BCUT2D eigenvalue weighted by Crippen LogP contribution is 2.25. The lowest BCUT2D eigenvalue weighted by Gasteiger charge is -2.09. The molecule has 0 radical (unpaired) electrons. The number of hydrogen-bond acceptors (Lipinski definition) is 5. The van der Waals surface area contributed by atoms with Gasteiger partial charge in [-0.3, -0.25) is 9.48 Å². The molecule has 1 N–H and O–H groups in total. The summed E-state index contributed by atoms with van der Waals surface area (Å²) in [6.07, 6.45) is 3.68. The van der Waals surface area contributed by atoms with Crippen molar-refractivity contribution in [1.29, 1.82) is 0 Å². The van der Waals surface area contributed by atoms with Crippen molar-refractivity contribution in [2.24, 2.45) is 7.05 Å². The van der Waals surface area contributed by atoms with Gasteiger partial charge in [0.15, 0.2) is 11.0 Å². The highest BCUT2D eigenvalue weighted by Gasteiger charge is 2.15. The molecule has 0 aliphatic heterocycles.